The van der Waals surface area contributed by atoms with Gasteiger partial charge >= 0.3 is 11.3 Å². The number of benzene rings is 2. The van der Waals surface area contributed by atoms with Crippen LogP contribution in [0.25, 0.3) is 21.9 Å². The number of carbonyl (C=O) groups is 1. The molecule has 2 heterocycles. The average Bonchev–Trinajstić information content (AvgIpc) is 2.86. The Bertz CT molecular complexity index is 1500. The van der Waals surface area contributed by atoms with Crippen molar-refractivity contribution in [3.8, 4) is 0 Å². The van der Waals surface area contributed by atoms with E-state index in [1.807, 2.05) is 44.2 Å². The molecule has 0 aliphatic rings. The van der Waals surface area contributed by atoms with Crippen molar-refractivity contribution >= 4 is 39.1 Å². The van der Waals surface area contributed by atoms with Crippen LogP contribution in [-0.4, -0.2) is 32.0 Å². The topological polar surface area (TPSA) is 84.0 Å². The highest BCUT2D eigenvalue weighted by atomic mass is 16.4. The molecule has 0 fully saturated rings. The lowest BCUT2D eigenvalue weighted by molar-refractivity contribution is 0.103. The van der Waals surface area contributed by atoms with Crippen molar-refractivity contribution in [3.63, 3.8) is 0 Å². The van der Waals surface area contributed by atoms with Gasteiger partial charge in [-0.1, -0.05) is 6.92 Å². The maximum Gasteiger partial charge on any atom is 0.347 e. The highest BCUT2D eigenvalue weighted by Gasteiger charge is 2.21. The maximum atomic E-state index is 13.2. The number of rotatable bonds is 9. The number of nitrogens with zero attached hydrogens (tertiary/aromatic N) is 2. The summed E-state index contributed by atoms with van der Waals surface area (Å²) in [6.45, 7) is 11.6. The Morgan fingerprint density at radius 3 is 1.57 bits per heavy atom. The molecule has 4 rings (SSSR count). The van der Waals surface area contributed by atoms with Crippen LogP contribution in [0.4, 0.5) is 11.4 Å². The van der Waals surface area contributed by atoms with E-state index >= 15 is 0 Å². The van der Waals surface area contributed by atoms with Crippen molar-refractivity contribution in [3.05, 3.63) is 80.5 Å². The molecule has 35 heavy (non-hydrogen) atoms. The summed E-state index contributed by atoms with van der Waals surface area (Å²) in [6.07, 6.45) is 0.994. The predicted octanol–water partition coefficient (Wildman–Crippen LogP) is 5.21. The van der Waals surface area contributed by atoms with Gasteiger partial charge in [-0.15, -0.1) is 0 Å². The first kappa shape index (κ1) is 24.3. The first-order chi connectivity index (χ1) is 16.9. The number of fused-ring (bicyclic) bond motifs is 2. The molecule has 0 spiro atoms. The number of anilines is 2. The molecule has 0 saturated heterocycles. The zero-order valence-electron chi connectivity index (χ0n) is 20.6. The van der Waals surface area contributed by atoms with Gasteiger partial charge in [-0.2, -0.15) is 0 Å². The normalized spacial score (nSPS) is 11.2. The van der Waals surface area contributed by atoms with Gasteiger partial charge < -0.3 is 18.6 Å². The minimum Gasteiger partial charge on any atom is -0.422 e. The van der Waals surface area contributed by atoms with Crippen LogP contribution in [0.2, 0.25) is 0 Å². The zero-order chi connectivity index (χ0) is 25.1. The molecular weight excluding hydrogens is 444 g/mol. The quantitative estimate of drug-likeness (QED) is 0.243. The molecule has 0 saturated carbocycles. The van der Waals surface area contributed by atoms with E-state index in [1.165, 1.54) is 12.1 Å². The summed E-state index contributed by atoms with van der Waals surface area (Å²) in [5.74, 6) is -0.714. The van der Waals surface area contributed by atoms with Gasteiger partial charge in [0.1, 0.15) is 22.3 Å². The van der Waals surface area contributed by atoms with Gasteiger partial charge in [0.15, 0.2) is 0 Å². The number of ketones is 1. The molecule has 0 aliphatic carbocycles. The Morgan fingerprint density at radius 2 is 1.14 bits per heavy atom. The van der Waals surface area contributed by atoms with Crippen LogP contribution in [0, 0.1) is 0 Å². The van der Waals surface area contributed by atoms with Crippen LogP contribution in [0.5, 0.6) is 0 Å². The second-order valence-corrected chi connectivity index (χ2v) is 8.42. The van der Waals surface area contributed by atoms with Gasteiger partial charge in [-0.05, 0) is 63.6 Å². The lowest BCUT2D eigenvalue weighted by Crippen LogP contribution is -2.23. The molecule has 0 bridgehead atoms. The van der Waals surface area contributed by atoms with Crippen molar-refractivity contribution in [2.75, 3.05) is 36.0 Å². The minimum atomic E-state index is -0.785. The lowest BCUT2D eigenvalue weighted by Gasteiger charge is -2.22. The highest BCUT2D eigenvalue weighted by Crippen LogP contribution is 2.25. The van der Waals surface area contributed by atoms with Crippen LogP contribution < -0.4 is 21.1 Å². The van der Waals surface area contributed by atoms with Gasteiger partial charge in [-0.25, -0.2) is 9.59 Å². The van der Waals surface area contributed by atoms with Gasteiger partial charge in [-0.3, -0.25) is 4.79 Å². The summed E-state index contributed by atoms with van der Waals surface area (Å²) < 4.78 is 11.0. The van der Waals surface area contributed by atoms with E-state index in [9.17, 15) is 14.4 Å². The fourth-order valence-corrected chi connectivity index (χ4v) is 4.38. The van der Waals surface area contributed by atoms with E-state index in [0.29, 0.717) is 21.9 Å². The summed E-state index contributed by atoms with van der Waals surface area (Å²) in [5, 5.41) is 1.22. The third-order valence-electron chi connectivity index (χ3n) is 6.30. The van der Waals surface area contributed by atoms with Crippen LogP contribution in [0.15, 0.2) is 67.0 Å². The molecule has 0 unspecified atom stereocenters. The smallest absolute Gasteiger partial charge is 0.347 e. The van der Waals surface area contributed by atoms with Gasteiger partial charge in [0, 0.05) is 60.5 Å². The molecule has 7 heteroatoms. The molecule has 0 atom stereocenters. The summed E-state index contributed by atoms with van der Waals surface area (Å²) in [7, 11) is 0. The fourth-order valence-electron chi connectivity index (χ4n) is 4.38. The third kappa shape index (κ3) is 4.71. The molecule has 0 amide bonds. The van der Waals surface area contributed by atoms with Crippen molar-refractivity contribution in [1.82, 2.24) is 0 Å². The third-order valence-corrected chi connectivity index (χ3v) is 6.30. The zero-order valence-corrected chi connectivity index (χ0v) is 20.6. The van der Waals surface area contributed by atoms with E-state index in [2.05, 4.69) is 23.6 Å². The fraction of sp³-hybridized carbons (Fsp3) is 0.321. The SMILES string of the molecule is CCCN(CC)c1ccc2cc(C(=O)c3cc4ccc(N(CC)CC)cc4oc3=O)c(=O)oc2c1. The minimum absolute atomic E-state index is 0.197. The van der Waals surface area contributed by atoms with E-state index in [1.54, 1.807) is 6.07 Å². The monoisotopic (exact) mass is 474 g/mol. The molecular formula is C28H30N2O5. The van der Waals surface area contributed by atoms with Gasteiger partial charge in [0.05, 0.1) is 0 Å². The van der Waals surface area contributed by atoms with Crippen molar-refractivity contribution in [2.24, 2.45) is 0 Å². The molecule has 2 aromatic heterocycles. The highest BCUT2D eigenvalue weighted by molar-refractivity contribution is 6.10. The molecule has 0 N–H and O–H groups in total. The Morgan fingerprint density at radius 1 is 0.686 bits per heavy atom. The second-order valence-electron chi connectivity index (χ2n) is 8.42. The Hall–Kier alpha value is -3.87. The Kier molecular flexibility index (Phi) is 7.05. The van der Waals surface area contributed by atoms with E-state index in [0.717, 1.165) is 44.0 Å². The first-order valence-corrected chi connectivity index (χ1v) is 12.1. The van der Waals surface area contributed by atoms with E-state index in [4.69, 9.17) is 8.83 Å². The van der Waals surface area contributed by atoms with E-state index < -0.39 is 17.0 Å². The number of hydrogen-bond acceptors (Lipinski definition) is 7. The summed E-state index contributed by atoms with van der Waals surface area (Å²) in [6, 6.07) is 14.0. The van der Waals surface area contributed by atoms with Crippen molar-refractivity contribution in [1.29, 1.82) is 0 Å². The molecule has 4 aromatic rings. The summed E-state index contributed by atoms with van der Waals surface area (Å²) in [5.41, 5.74) is 0.702. The van der Waals surface area contributed by atoms with Crippen molar-refractivity contribution in [2.45, 2.75) is 34.1 Å². The molecule has 2 aromatic carbocycles. The van der Waals surface area contributed by atoms with Crippen LogP contribution in [0.3, 0.4) is 0 Å². The van der Waals surface area contributed by atoms with Gasteiger partial charge in [0.2, 0.25) is 5.78 Å². The predicted molar refractivity (Wildman–Crippen MR) is 140 cm³/mol. The lowest BCUT2D eigenvalue weighted by atomic mass is 10.0. The van der Waals surface area contributed by atoms with Crippen LogP contribution in [0.1, 0.15) is 50.0 Å². The molecule has 0 aliphatic heterocycles. The molecule has 7 nitrogen and oxygen atoms in total. The largest absolute Gasteiger partial charge is 0.422 e. The summed E-state index contributed by atoms with van der Waals surface area (Å²) >= 11 is 0. The standard InChI is InChI=1S/C28H30N2O5/c1-5-13-30(8-4)21-12-10-19-15-23(28(33)35-25(19)17-21)26(31)22-14-18-9-11-20(29(6-2)7-3)16-24(18)34-27(22)32/h9-12,14-17H,5-8,13H2,1-4H3. The second kappa shape index (κ2) is 10.2. The van der Waals surface area contributed by atoms with Crippen LogP contribution >= 0.6 is 0 Å². The van der Waals surface area contributed by atoms with Crippen LogP contribution in [-0.2, 0) is 0 Å². The average molecular weight is 475 g/mol. The first-order valence-electron chi connectivity index (χ1n) is 12.1. The van der Waals surface area contributed by atoms with Gasteiger partial charge in [0.25, 0.3) is 0 Å². The number of hydrogen-bond donors (Lipinski definition) is 0. The Balaban J connectivity index is 1.73. The molecule has 182 valence electrons. The Labute approximate surface area is 203 Å². The number of carbonyl (C=O) groups excluding carboxylic acids is 1. The van der Waals surface area contributed by atoms with Crippen molar-refractivity contribution < 1.29 is 13.6 Å². The summed E-state index contributed by atoms with van der Waals surface area (Å²) in [4.78, 5) is 43.0. The van der Waals surface area contributed by atoms with E-state index in [-0.39, 0.29) is 11.1 Å². The maximum absolute atomic E-state index is 13.2. The molecule has 0 radical (unpaired) electrons.